The van der Waals surface area contributed by atoms with Crippen molar-refractivity contribution in [3.05, 3.63) is 46.6 Å². The van der Waals surface area contributed by atoms with Gasteiger partial charge >= 0.3 is 0 Å². The van der Waals surface area contributed by atoms with E-state index in [1.807, 2.05) is 24.3 Å². The molecule has 19 heavy (non-hydrogen) atoms. The van der Waals surface area contributed by atoms with E-state index in [0.29, 0.717) is 6.04 Å². The summed E-state index contributed by atoms with van der Waals surface area (Å²) in [5.41, 5.74) is 1.10. The number of rotatable bonds is 5. The van der Waals surface area contributed by atoms with Crippen LogP contribution < -0.4 is 5.32 Å². The van der Waals surface area contributed by atoms with Crippen molar-refractivity contribution < 1.29 is 4.42 Å². The minimum absolute atomic E-state index is 0. The van der Waals surface area contributed by atoms with Crippen LogP contribution in [0.2, 0.25) is 0 Å². The lowest BCUT2D eigenvalue weighted by atomic mass is 10.2. The summed E-state index contributed by atoms with van der Waals surface area (Å²) in [4.78, 5) is 0. The Balaban J connectivity index is 0.00000180. The largest absolute Gasteiger partial charge is 0.460 e. The first kappa shape index (κ1) is 16.3. The van der Waals surface area contributed by atoms with E-state index < -0.39 is 0 Å². The van der Waals surface area contributed by atoms with Gasteiger partial charge in [-0.1, -0.05) is 35.0 Å². The van der Waals surface area contributed by atoms with Crippen LogP contribution in [0.4, 0.5) is 0 Å². The Morgan fingerprint density at radius 1 is 1.16 bits per heavy atom. The van der Waals surface area contributed by atoms with Gasteiger partial charge in [0.05, 0.1) is 6.54 Å². The van der Waals surface area contributed by atoms with Gasteiger partial charge in [0.15, 0.2) is 0 Å². The van der Waals surface area contributed by atoms with Crippen molar-refractivity contribution in [2.24, 2.45) is 0 Å². The van der Waals surface area contributed by atoms with Gasteiger partial charge in [0.2, 0.25) is 0 Å². The summed E-state index contributed by atoms with van der Waals surface area (Å²) >= 11 is 3.43. The highest BCUT2D eigenvalue weighted by molar-refractivity contribution is 9.10. The number of halogens is 2. The molecule has 0 radical (unpaired) electrons. The highest BCUT2D eigenvalue weighted by atomic mass is 79.9. The maximum Gasteiger partial charge on any atom is 0.134 e. The molecule has 0 saturated heterocycles. The van der Waals surface area contributed by atoms with Crippen LogP contribution in [0.25, 0.3) is 11.3 Å². The van der Waals surface area contributed by atoms with Gasteiger partial charge in [-0.3, -0.25) is 0 Å². The first-order valence-electron chi connectivity index (χ1n) is 6.27. The molecule has 0 aliphatic rings. The molecule has 0 fully saturated rings. The zero-order chi connectivity index (χ0) is 13.0. The smallest absolute Gasteiger partial charge is 0.134 e. The molecule has 1 aromatic heterocycles. The molecule has 0 aliphatic carbocycles. The summed E-state index contributed by atoms with van der Waals surface area (Å²) in [6, 6.07) is 12.7. The van der Waals surface area contributed by atoms with E-state index in [-0.39, 0.29) is 12.4 Å². The Hall–Kier alpha value is -0.770. The topological polar surface area (TPSA) is 25.2 Å². The summed E-state index contributed by atoms with van der Waals surface area (Å²) in [6.07, 6.45) is 1.13. The van der Waals surface area contributed by atoms with Gasteiger partial charge in [0.25, 0.3) is 0 Å². The van der Waals surface area contributed by atoms with Crippen molar-refractivity contribution in [1.82, 2.24) is 5.32 Å². The van der Waals surface area contributed by atoms with E-state index in [1.165, 1.54) is 0 Å². The van der Waals surface area contributed by atoms with E-state index in [9.17, 15) is 0 Å². The van der Waals surface area contributed by atoms with E-state index in [2.05, 4.69) is 47.2 Å². The highest BCUT2D eigenvalue weighted by Crippen LogP contribution is 2.23. The molecule has 2 rings (SSSR count). The minimum Gasteiger partial charge on any atom is -0.460 e. The average molecular weight is 345 g/mol. The lowest BCUT2D eigenvalue weighted by Gasteiger charge is -2.08. The number of furan rings is 1. The monoisotopic (exact) mass is 343 g/mol. The molecule has 0 aliphatic heterocycles. The molecule has 0 bridgehead atoms. The molecule has 2 aromatic rings. The van der Waals surface area contributed by atoms with Crippen LogP contribution in [0, 0.1) is 0 Å². The summed E-state index contributed by atoms with van der Waals surface area (Å²) in [7, 11) is 0. The Labute approximate surface area is 129 Å². The van der Waals surface area contributed by atoms with Gasteiger partial charge in [-0.05, 0) is 37.6 Å². The number of benzene rings is 1. The van der Waals surface area contributed by atoms with Crippen LogP contribution in [0.15, 0.2) is 45.3 Å². The van der Waals surface area contributed by atoms with E-state index >= 15 is 0 Å². The zero-order valence-corrected chi connectivity index (χ0v) is 13.6. The SMILES string of the molecule is CCC(C)NCc1ccc(-c2ccc(Br)cc2)o1.Cl. The maximum atomic E-state index is 5.83. The molecule has 4 heteroatoms. The van der Waals surface area contributed by atoms with Crippen LogP contribution in [-0.2, 0) is 6.54 Å². The van der Waals surface area contributed by atoms with Crippen molar-refractivity contribution in [2.45, 2.75) is 32.9 Å². The fourth-order valence-corrected chi connectivity index (χ4v) is 1.93. The highest BCUT2D eigenvalue weighted by Gasteiger charge is 2.05. The van der Waals surface area contributed by atoms with Crippen molar-refractivity contribution in [3.8, 4) is 11.3 Å². The Morgan fingerprint density at radius 3 is 2.47 bits per heavy atom. The Bertz CT molecular complexity index is 495. The van der Waals surface area contributed by atoms with Crippen LogP contribution >= 0.6 is 28.3 Å². The van der Waals surface area contributed by atoms with Crippen LogP contribution in [-0.4, -0.2) is 6.04 Å². The summed E-state index contributed by atoms with van der Waals surface area (Å²) in [6.45, 7) is 5.14. The van der Waals surface area contributed by atoms with Gasteiger partial charge in [-0.25, -0.2) is 0 Å². The molecular weight excluding hydrogens is 326 g/mol. The van der Waals surface area contributed by atoms with Crippen LogP contribution in [0.5, 0.6) is 0 Å². The summed E-state index contributed by atoms with van der Waals surface area (Å²) < 4.78 is 6.91. The molecular formula is C15H19BrClNO. The lowest BCUT2D eigenvalue weighted by molar-refractivity contribution is 0.457. The second-order valence-electron chi connectivity index (χ2n) is 4.46. The number of nitrogens with one attached hydrogen (secondary N) is 1. The second kappa shape index (κ2) is 7.73. The number of hydrogen-bond donors (Lipinski definition) is 1. The molecule has 2 nitrogen and oxygen atoms in total. The summed E-state index contributed by atoms with van der Waals surface area (Å²) in [5, 5.41) is 3.42. The molecule has 1 atom stereocenters. The summed E-state index contributed by atoms with van der Waals surface area (Å²) in [5.74, 6) is 1.90. The first-order valence-corrected chi connectivity index (χ1v) is 7.06. The Kier molecular flexibility index (Phi) is 6.63. The van der Waals surface area contributed by atoms with Crippen molar-refractivity contribution in [1.29, 1.82) is 0 Å². The molecule has 1 unspecified atom stereocenters. The Morgan fingerprint density at radius 2 is 1.84 bits per heavy atom. The maximum absolute atomic E-state index is 5.83. The molecule has 1 aromatic carbocycles. The third-order valence-corrected chi connectivity index (χ3v) is 3.56. The van der Waals surface area contributed by atoms with E-state index in [0.717, 1.165) is 34.5 Å². The molecule has 0 amide bonds. The molecule has 1 N–H and O–H groups in total. The fraction of sp³-hybridized carbons (Fsp3) is 0.333. The first-order chi connectivity index (χ1) is 8.69. The standard InChI is InChI=1S/C15H18BrNO.ClH/c1-3-11(2)17-10-14-8-9-15(18-14)12-4-6-13(16)7-5-12;/h4-9,11,17H,3,10H2,1-2H3;1H. The molecule has 104 valence electrons. The van der Waals surface area contributed by atoms with Crippen molar-refractivity contribution in [2.75, 3.05) is 0 Å². The van der Waals surface area contributed by atoms with Crippen LogP contribution in [0.3, 0.4) is 0 Å². The zero-order valence-electron chi connectivity index (χ0n) is 11.2. The van der Waals surface area contributed by atoms with Crippen LogP contribution in [0.1, 0.15) is 26.0 Å². The van der Waals surface area contributed by atoms with E-state index in [4.69, 9.17) is 4.42 Å². The predicted octanol–water partition coefficient (Wildman–Crippen LogP) is 5.02. The molecule has 0 saturated carbocycles. The third-order valence-electron chi connectivity index (χ3n) is 3.03. The normalized spacial score (nSPS) is 11.9. The van der Waals surface area contributed by atoms with E-state index in [1.54, 1.807) is 0 Å². The number of hydrogen-bond acceptors (Lipinski definition) is 2. The lowest BCUT2D eigenvalue weighted by Crippen LogP contribution is -2.24. The molecule has 0 spiro atoms. The van der Waals surface area contributed by atoms with Gasteiger partial charge in [0.1, 0.15) is 11.5 Å². The fourth-order valence-electron chi connectivity index (χ4n) is 1.66. The third kappa shape index (κ3) is 4.68. The van der Waals surface area contributed by atoms with Gasteiger partial charge in [-0.2, -0.15) is 0 Å². The van der Waals surface area contributed by atoms with Crippen molar-refractivity contribution in [3.63, 3.8) is 0 Å². The predicted molar refractivity (Wildman–Crippen MR) is 85.7 cm³/mol. The molecule has 1 heterocycles. The second-order valence-corrected chi connectivity index (χ2v) is 5.38. The van der Waals surface area contributed by atoms with Gasteiger partial charge in [-0.15, -0.1) is 12.4 Å². The van der Waals surface area contributed by atoms with Crippen molar-refractivity contribution >= 4 is 28.3 Å². The minimum atomic E-state index is 0. The average Bonchev–Trinajstić information content (AvgIpc) is 2.85. The quantitative estimate of drug-likeness (QED) is 0.824. The van der Waals surface area contributed by atoms with Gasteiger partial charge < -0.3 is 9.73 Å². The van der Waals surface area contributed by atoms with Gasteiger partial charge in [0, 0.05) is 16.1 Å².